The number of hydrogen-bond acceptors (Lipinski definition) is 5. The molecule has 24 heavy (non-hydrogen) atoms. The van der Waals surface area contributed by atoms with Crippen LogP contribution in [0.4, 0.5) is 4.79 Å². The lowest BCUT2D eigenvalue weighted by atomic mass is 10.1. The Balaban J connectivity index is 2.52. The molecule has 2 atom stereocenters. The first-order valence-electron chi connectivity index (χ1n) is 8.06. The predicted octanol–water partition coefficient (Wildman–Crippen LogP) is 2.27. The number of carbonyl (C=O) groups is 2. The number of nitrogens with one attached hydrogen (secondary N) is 2. The SMILES string of the molecule is COC(=O)[C@H](Cc1ccccc1)NC[C@H](C)NC(=O)OC(C)(C)C. The van der Waals surface area contributed by atoms with Gasteiger partial charge in [0.1, 0.15) is 11.6 Å². The van der Waals surface area contributed by atoms with Gasteiger partial charge in [-0.05, 0) is 39.7 Å². The number of esters is 1. The van der Waals surface area contributed by atoms with E-state index in [2.05, 4.69) is 10.6 Å². The van der Waals surface area contributed by atoms with Crippen LogP contribution < -0.4 is 10.6 Å². The van der Waals surface area contributed by atoms with Crippen LogP contribution in [0.15, 0.2) is 30.3 Å². The Hall–Kier alpha value is -2.08. The summed E-state index contributed by atoms with van der Waals surface area (Å²) in [5.74, 6) is -0.330. The molecular weight excluding hydrogens is 308 g/mol. The van der Waals surface area contributed by atoms with Gasteiger partial charge in [0.2, 0.25) is 0 Å². The highest BCUT2D eigenvalue weighted by atomic mass is 16.6. The largest absolute Gasteiger partial charge is 0.468 e. The van der Waals surface area contributed by atoms with Crippen molar-refractivity contribution in [2.75, 3.05) is 13.7 Å². The van der Waals surface area contributed by atoms with Crippen LogP contribution in [0.3, 0.4) is 0 Å². The van der Waals surface area contributed by atoms with Crippen molar-refractivity contribution < 1.29 is 19.1 Å². The summed E-state index contributed by atoms with van der Waals surface area (Å²) >= 11 is 0. The zero-order chi connectivity index (χ0) is 18.2. The van der Waals surface area contributed by atoms with Crippen LogP contribution >= 0.6 is 0 Å². The zero-order valence-corrected chi connectivity index (χ0v) is 15.1. The summed E-state index contributed by atoms with van der Waals surface area (Å²) in [7, 11) is 1.37. The maximum absolute atomic E-state index is 11.9. The van der Waals surface area contributed by atoms with Crippen molar-refractivity contribution in [3.8, 4) is 0 Å². The molecule has 1 aromatic carbocycles. The first-order valence-corrected chi connectivity index (χ1v) is 8.06. The molecule has 1 amide bonds. The van der Waals surface area contributed by atoms with Crippen LogP contribution in [-0.2, 0) is 20.7 Å². The van der Waals surface area contributed by atoms with E-state index >= 15 is 0 Å². The van der Waals surface area contributed by atoms with Gasteiger partial charge in [-0.3, -0.25) is 4.79 Å². The molecule has 134 valence electrons. The van der Waals surface area contributed by atoms with Crippen molar-refractivity contribution in [3.63, 3.8) is 0 Å². The molecule has 0 fully saturated rings. The topological polar surface area (TPSA) is 76.7 Å². The smallest absolute Gasteiger partial charge is 0.407 e. The van der Waals surface area contributed by atoms with Crippen LogP contribution in [-0.4, -0.2) is 43.4 Å². The minimum absolute atomic E-state index is 0.192. The number of ether oxygens (including phenoxy) is 2. The summed E-state index contributed by atoms with van der Waals surface area (Å²) < 4.78 is 10.1. The van der Waals surface area contributed by atoms with Crippen LogP contribution in [0, 0.1) is 0 Å². The third-order valence-corrected chi connectivity index (χ3v) is 3.20. The monoisotopic (exact) mass is 336 g/mol. The van der Waals surface area contributed by atoms with Gasteiger partial charge in [0.25, 0.3) is 0 Å². The van der Waals surface area contributed by atoms with E-state index in [9.17, 15) is 9.59 Å². The molecule has 1 rings (SSSR count). The maximum atomic E-state index is 11.9. The number of benzene rings is 1. The van der Waals surface area contributed by atoms with Crippen LogP contribution in [0.25, 0.3) is 0 Å². The fourth-order valence-corrected chi connectivity index (χ4v) is 2.11. The van der Waals surface area contributed by atoms with Gasteiger partial charge in [0.05, 0.1) is 7.11 Å². The van der Waals surface area contributed by atoms with Gasteiger partial charge in [0.15, 0.2) is 0 Å². The Morgan fingerprint density at radius 3 is 2.33 bits per heavy atom. The van der Waals surface area contributed by atoms with Gasteiger partial charge in [-0.2, -0.15) is 0 Å². The molecular formula is C18H28N2O4. The number of alkyl carbamates (subject to hydrolysis) is 1. The molecule has 6 nitrogen and oxygen atoms in total. The van der Waals surface area contributed by atoms with E-state index in [0.717, 1.165) is 5.56 Å². The van der Waals surface area contributed by atoms with Crippen molar-refractivity contribution >= 4 is 12.1 Å². The second-order valence-corrected chi connectivity index (χ2v) is 6.72. The van der Waals surface area contributed by atoms with Gasteiger partial charge in [-0.15, -0.1) is 0 Å². The summed E-state index contributed by atoms with van der Waals surface area (Å²) in [6.07, 6.45) is 0.0432. The maximum Gasteiger partial charge on any atom is 0.407 e. The zero-order valence-electron chi connectivity index (χ0n) is 15.1. The van der Waals surface area contributed by atoms with Gasteiger partial charge in [-0.1, -0.05) is 30.3 Å². The molecule has 6 heteroatoms. The number of methoxy groups -OCH3 is 1. The number of rotatable bonds is 7. The Bertz CT molecular complexity index is 526. The molecule has 0 saturated carbocycles. The van der Waals surface area contributed by atoms with Crippen molar-refractivity contribution in [1.29, 1.82) is 0 Å². The molecule has 0 aliphatic heterocycles. The Morgan fingerprint density at radius 1 is 1.17 bits per heavy atom. The normalized spacial score (nSPS) is 13.7. The minimum Gasteiger partial charge on any atom is -0.468 e. The summed E-state index contributed by atoms with van der Waals surface area (Å²) in [4.78, 5) is 23.7. The number of carbonyl (C=O) groups excluding carboxylic acids is 2. The van der Waals surface area contributed by atoms with Crippen LogP contribution in [0.1, 0.15) is 33.3 Å². The summed E-state index contributed by atoms with van der Waals surface area (Å²) in [5.41, 5.74) is 0.493. The number of amides is 1. The van der Waals surface area contributed by atoms with E-state index in [1.54, 1.807) is 0 Å². The lowest BCUT2D eigenvalue weighted by Gasteiger charge is -2.23. The fourth-order valence-electron chi connectivity index (χ4n) is 2.11. The molecule has 0 saturated heterocycles. The third-order valence-electron chi connectivity index (χ3n) is 3.20. The van der Waals surface area contributed by atoms with Gasteiger partial charge in [0, 0.05) is 12.6 Å². The standard InChI is InChI=1S/C18H28N2O4/c1-13(20-17(22)24-18(2,3)4)12-19-15(16(21)23-5)11-14-9-7-6-8-10-14/h6-10,13,15,19H,11-12H2,1-5H3,(H,20,22)/t13-,15-/m0/s1. The average molecular weight is 336 g/mol. The predicted molar refractivity (Wildman–Crippen MR) is 92.8 cm³/mol. The molecule has 0 heterocycles. The fraction of sp³-hybridized carbons (Fsp3) is 0.556. The molecule has 0 spiro atoms. The van der Waals surface area contributed by atoms with E-state index in [0.29, 0.717) is 13.0 Å². The highest BCUT2D eigenvalue weighted by Gasteiger charge is 2.21. The molecule has 0 bridgehead atoms. The molecule has 1 aromatic rings. The minimum atomic E-state index is -0.543. The Morgan fingerprint density at radius 2 is 1.79 bits per heavy atom. The highest BCUT2D eigenvalue weighted by Crippen LogP contribution is 2.07. The quantitative estimate of drug-likeness (QED) is 0.747. The Kier molecular flexibility index (Phi) is 7.71. The molecule has 0 aliphatic rings. The summed E-state index contributed by atoms with van der Waals surface area (Å²) in [5, 5.41) is 5.88. The first-order chi connectivity index (χ1) is 11.2. The van der Waals surface area contributed by atoms with Crippen molar-refractivity contribution in [3.05, 3.63) is 35.9 Å². The second-order valence-electron chi connectivity index (χ2n) is 6.72. The van der Waals surface area contributed by atoms with Crippen molar-refractivity contribution in [1.82, 2.24) is 10.6 Å². The van der Waals surface area contributed by atoms with Gasteiger partial charge in [-0.25, -0.2) is 4.79 Å². The van der Waals surface area contributed by atoms with E-state index in [1.165, 1.54) is 7.11 Å². The van der Waals surface area contributed by atoms with Gasteiger partial charge >= 0.3 is 12.1 Å². The Labute approximate surface area is 143 Å². The van der Waals surface area contributed by atoms with E-state index in [-0.39, 0.29) is 12.0 Å². The van der Waals surface area contributed by atoms with E-state index < -0.39 is 17.7 Å². The summed E-state index contributed by atoms with van der Waals surface area (Å²) in [6.45, 7) is 7.69. The lowest BCUT2D eigenvalue weighted by Crippen LogP contribution is -2.48. The van der Waals surface area contributed by atoms with Crippen LogP contribution in [0.5, 0.6) is 0 Å². The highest BCUT2D eigenvalue weighted by molar-refractivity contribution is 5.76. The van der Waals surface area contributed by atoms with E-state index in [4.69, 9.17) is 9.47 Å². The third kappa shape index (κ3) is 7.97. The van der Waals surface area contributed by atoms with Crippen molar-refractivity contribution in [2.24, 2.45) is 0 Å². The summed E-state index contributed by atoms with van der Waals surface area (Å²) in [6, 6.07) is 9.03. The molecule has 2 N–H and O–H groups in total. The van der Waals surface area contributed by atoms with Crippen molar-refractivity contribution in [2.45, 2.75) is 51.8 Å². The molecule has 0 unspecified atom stereocenters. The second kappa shape index (κ2) is 9.27. The number of hydrogen-bond donors (Lipinski definition) is 2. The first kappa shape index (κ1) is 20.0. The molecule has 0 aliphatic carbocycles. The average Bonchev–Trinajstić information content (AvgIpc) is 2.49. The van der Waals surface area contributed by atoms with Gasteiger partial charge < -0.3 is 20.1 Å². The van der Waals surface area contributed by atoms with Crippen LogP contribution in [0.2, 0.25) is 0 Å². The molecule has 0 aromatic heterocycles. The lowest BCUT2D eigenvalue weighted by molar-refractivity contribution is -0.143. The molecule has 0 radical (unpaired) electrons. The van der Waals surface area contributed by atoms with E-state index in [1.807, 2.05) is 58.0 Å².